The van der Waals surface area contributed by atoms with Gasteiger partial charge in [-0.2, -0.15) is 5.26 Å². The van der Waals surface area contributed by atoms with E-state index in [0.29, 0.717) is 0 Å². The highest BCUT2D eigenvalue weighted by Gasteiger charge is 2.37. The Bertz CT molecular complexity index is 276. The van der Waals surface area contributed by atoms with Crippen LogP contribution in [-0.4, -0.2) is 48.6 Å². The number of nitrogens with zero attached hydrogens (tertiary/aromatic N) is 3. The average molecular weight is 235 g/mol. The van der Waals surface area contributed by atoms with Gasteiger partial charge in [-0.25, -0.2) is 0 Å². The summed E-state index contributed by atoms with van der Waals surface area (Å²) >= 11 is 0. The first kappa shape index (κ1) is 12.9. The van der Waals surface area contributed by atoms with Gasteiger partial charge in [0.2, 0.25) is 0 Å². The van der Waals surface area contributed by atoms with E-state index in [9.17, 15) is 5.26 Å². The second-order valence-electron chi connectivity index (χ2n) is 5.70. The molecule has 2 heterocycles. The molecule has 2 saturated heterocycles. The molecule has 2 rings (SSSR count). The van der Waals surface area contributed by atoms with Crippen molar-refractivity contribution in [2.45, 2.75) is 50.5 Å². The maximum Gasteiger partial charge on any atom is 0.110 e. The molecule has 0 aromatic rings. The fourth-order valence-electron chi connectivity index (χ4n) is 3.25. The van der Waals surface area contributed by atoms with Crippen LogP contribution in [0.5, 0.6) is 0 Å². The Morgan fingerprint density at radius 3 is 2.24 bits per heavy atom. The Morgan fingerprint density at radius 2 is 1.59 bits per heavy atom. The van der Waals surface area contributed by atoms with Gasteiger partial charge in [0, 0.05) is 6.54 Å². The molecule has 0 amide bonds. The van der Waals surface area contributed by atoms with Crippen LogP contribution in [0.3, 0.4) is 0 Å². The van der Waals surface area contributed by atoms with E-state index < -0.39 is 0 Å². The van der Waals surface area contributed by atoms with Crippen molar-refractivity contribution < 1.29 is 0 Å². The smallest absolute Gasteiger partial charge is 0.110 e. The van der Waals surface area contributed by atoms with Gasteiger partial charge in [0.1, 0.15) is 5.54 Å². The first-order valence-corrected chi connectivity index (χ1v) is 7.12. The highest BCUT2D eigenvalue weighted by atomic mass is 15.2. The first-order chi connectivity index (χ1) is 8.27. The zero-order chi connectivity index (χ0) is 12.1. The topological polar surface area (TPSA) is 30.3 Å². The third-order valence-electron chi connectivity index (χ3n) is 4.46. The van der Waals surface area contributed by atoms with Crippen molar-refractivity contribution in [2.24, 2.45) is 0 Å². The summed E-state index contributed by atoms with van der Waals surface area (Å²) in [6, 6.07) is 2.67. The van der Waals surface area contributed by atoms with E-state index in [1.807, 2.05) is 0 Å². The molecule has 17 heavy (non-hydrogen) atoms. The Labute approximate surface area is 105 Å². The van der Waals surface area contributed by atoms with E-state index in [1.165, 1.54) is 32.1 Å². The molecule has 0 bridgehead atoms. The van der Waals surface area contributed by atoms with Gasteiger partial charge in [-0.05, 0) is 58.8 Å². The summed E-state index contributed by atoms with van der Waals surface area (Å²) in [7, 11) is 2.18. The average Bonchev–Trinajstić information content (AvgIpc) is 2.70. The maximum atomic E-state index is 9.69. The molecule has 3 nitrogen and oxygen atoms in total. The number of hydrogen-bond donors (Lipinski definition) is 0. The lowest BCUT2D eigenvalue weighted by atomic mass is 9.89. The molecular weight excluding hydrogens is 210 g/mol. The number of rotatable bonds is 1. The molecule has 2 aliphatic rings. The fraction of sp³-hybridized carbons (Fsp3) is 0.929. The van der Waals surface area contributed by atoms with Gasteiger partial charge in [-0.15, -0.1) is 0 Å². The molecule has 0 spiro atoms. The Morgan fingerprint density at radius 1 is 0.882 bits per heavy atom. The third-order valence-corrected chi connectivity index (χ3v) is 4.46. The summed E-state index contributed by atoms with van der Waals surface area (Å²) in [6.45, 7) is 4.50. The lowest BCUT2D eigenvalue weighted by molar-refractivity contribution is 0.125. The van der Waals surface area contributed by atoms with E-state index in [-0.39, 0.29) is 5.54 Å². The van der Waals surface area contributed by atoms with Crippen molar-refractivity contribution in [3.63, 3.8) is 0 Å². The minimum atomic E-state index is -0.158. The molecule has 0 saturated carbocycles. The number of hydrogen-bond acceptors (Lipinski definition) is 3. The lowest BCUT2D eigenvalue weighted by Crippen LogP contribution is -2.48. The van der Waals surface area contributed by atoms with E-state index >= 15 is 0 Å². The summed E-state index contributed by atoms with van der Waals surface area (Å²) in [5.74, 6) is 0. The summed E-state index contributed by atoms with van der Waals surface area (Å²) in [6.07, 6.45) is 8.50. The van der Waals surface area contributed by atoms with Gasteiger partial charge in [-0.1, -0.05) is 12.8 Å². The van der Waals surface area contributed by atoms with Crippen LogP contribution in [0.15, 0.2) is 0 Å². The molecule has 0 aromatic heterocycles. The molecule has 0 aliphatic carbocycles. The molecule has 3 heteroatoms. The van der Waals surface area contributed by atoms with Gasteiger partial charge in [0.25, 0.3) is 0 Å². The quantitative estimate of drug-likeness (QED) is 0.698. The molecule has 1 unspecified atom stereocenters. The van der Waals surface area contributed by atoms with Crippen LogP contribution < -0.4 is 0 Å². The SMILES string of the molecule is CN1CCCC(C#N)(N2CCCCCC2)CC1. The second-order valence-corrected chi connectivity index (χ2v) is 5.70. The zero-order valence-corrected chi connectivity index (χ0v) is 11.1. The largest absolute Gasteiger partial charge is 0.306 e. The lowest BCUT2D eigenvalue weighted by Gasteiger charge is -2.37. The van der Waals surface area contributed by atoms with Crippen LogP contribution in [0.4, 0.5) is 0 Å². The molecule has 96 valence electrons. The monoisotopic (exact) mass is 235 g/mol. The third kappa shape index (κ3) is 3.00. The molecule has 2 fully saturated rings. The molecule has 0 aromatic carbocycles. The molecular formula is C14H25N3. The maximum absolute atomic E-state index is 9.69. The van der Waals surface area contributed by atoms with Gasteiger partial charge < -0.3 is 4.90 Å². The van der Waals surface area contributed by atoms with Crippen molar-refractivity contribution in [1.82, 2.24) is 9.80 Å². The van der Waals surface area contributed by atoms with Crippen molar-refractivity contribution in [3.05, 3.63) is 0 Å². The second kappa shape index (κ2) is 5.84. The Hall–Kier alpha value is -0.590. The van der Waals surface area contributed by atoms with Crippen molar-refractivity contribution in [3.8, 4) is 6.07 Å². The van der Waals surface area contributed by atoms with Crippen molar-refractivity contribution >= 4 is 0 Å². The standard InChI is InChI=1S/C14H25N3/c1-16-9-6-7-14(13-15,8-12-16)17-10-4-2-3-5-11-17/h2-12H2,1H3. The zero-order valence-electron chi connectivity index (χ0n) is 11.1. The number of likely N-dealkylation sites (tertiary alicyclic amines) is 2. The Balaban J connectivity index is 2.08. The molecule has 0 radical (unpaired) electrons. The van der Waals surface area contributed by atoms with Gasteiger partial charge in [0.15, 0.2) is 0 Å². The van der Waals surface area contributed by atoms with Crippen LogP contribution in [0.1, 0.15) is 44.9 Å². The van der Waals surface area contributed by atoms with Crippen LogP contribution in [0.25, 0.3) is 0 Å². The van der Waals surface area contributed by atoms with Crippen LogP contribution in [-0.2, 0) is 0 Å². The van der Waals surface area contributed by atoms with E-state index in [4.69, 9.17) is 0 Å². The van der Waals surface area contributed by atoms with Crippen LogP contribution in [0.2, 0.25) is 0 Å². The van der Waals surface area contributed by atoms with Crippen molar-refractivity contribution in [1.29, 1.82) is 5.26 Å². The highest BCUT2D eigenvalue weighted by Crippen LogP contribution is 2.30. The summed E-state index contributed by atoms with van der Waals surface area (Å²) in [5.41, 5.74) is -0.158. The Kier molecular flexibility index (Phi) is 4.42. The van der Waals surface area contributed by atoms with E-state index in [2.05, 4.69) is 22.9 Å². The minimum Gasteiger partial charge on any atom is -0.306 e. The van der Waals surface area contributed by atoms with Gasteiger partial charge in [0.05, 0.1) is 6.07 Å². The summed E-state index contributed by atoms with van der Waals surface area (Å²) in [5, 5.41) is 9.69. The number of nitriles is 1. The van der Waals surface area contributed by atoms with Crippen molar-refractivity contribution in [2.75, 3.05) is 33.2 Å². The fourth-order valence-corrected chi connectivity index (χ4v) is 3.25. The normalized spacial score (nSPS) is 33.6. The summed E-state index contributed by atoms with van der Waals surface area (Å²) < 4.78 is 0. The van der Waals surface area contributed by atoms with E-state index in [1.54, 1.807) is 0 Å². The molecule has 2 aliphatic heterocycles. The predicted molar refractivity (Wildman–Crippen MR) is 69.7 cm³/mol. The highest BCUT2D eigenvalue weighted by molar-refractivity contribution is 5.09. The minimum absolute atomic E-state index is 0.158. The van der Waals surface area contributed by atoms with Crippen LogP contribution in [0, 0.1) is 11.3 Å². The van der Waals surface area contributed by atoms with Crippen LogP contribution >= 0.6 is 0 Å². The molecule has 1 atom stereocenters. The van der Waals surface area contributed by atoms with Gasteiger partial charge >= 0.3 is 0 Å². The van der Waals surface area contributed by atoms with Gasteiger partial charge in [-0.3, -0.25) is 4.90 Å². The van der Waals surface area contributed by atoms with E-state index in [0.717, 1.165) is 39.0 Å². The summed E-state index contributed by atoms with van der Waals surface area (Å²) in [4.78, 5) is 4.87. The predicted octanol–water partition coefficient (Wildman–Crippen LogP) is 2.24. The first-order valence-electron chi connectivity index (χ1n) is 7.12. The molecule has 0 N–H and O–H groups in total.